The van der Waals surface area contributed by atoms with Gasteiger partial charge in [0.1, 0.15) is 0 Å². The summed E-state index contributed by atoms with van der Waals surface area (Å²) in [6.07, 6.45) is 1.57. The van der Waals surface area contributed by atoms with Crippen molar-refractivity contribution in [3.05, 3.63) is 57.4 Å². The lowest BCUT2D eigenvalue weighted by Crippen LogP contribution is -1.95. The first-order chi connectivity index (χ1) is 9.20. The van der Waals surface area contributed by atoms with Gasteiger partial charge in [-0.3, -0.25) is 5.43 Å². The fourth-order valence-corrected chi connectivity index (χ4v) is 2.38. The van der Waals surface area contributed by atoms with E-state index in [-0.39, 0.29) is 5.75 Å². The van der Waals surface area contributed by atoms with Crippen LogP contribution >= 0.6 is 22.6 Å². The van der Waals surface area contributed by atoms with Gasteiger partial charge in [0, 0.05) is 0 Å². The Labute approximate surface area is 124 Å². The predicted octanol–water partition coefficient (Wildman–Crippen LogP) is 3.88. The second-order valence-corrected chi connectivity index (χ2v) is 4.92. The summed E-state index contributed by atoms with van der Waals surface area (Å²) in [7, 11) is 1.45. The number of nitrogens with one attached hydrogen (secondary N) is 1. The Hall–Kier alpha value is -1.63. The molecule has 2 aromatic carbocycles. The van der Waals surface area contributed by atoms with Crippen molar-refractivity contribution in [2.24, 2.45) is 5.10 Å². The second kappa shape index (κ2) is 6.51. The lowest BCUT2D eigenvalue weighted by atomic mass is 10.2. The molecule has 5 heteroatoms. The average Bonchev–Trinajstić information content (AvgIpc) is 2.40. The lowest BCUT2D eigenvalue weighted by molar-refractivity contribution is 0.383. The van der Waals surface area contributed by atoms with Crippen molar-refractivity contribution in [3.63, 3.8) is 0 Å². The first-order valence-corrected chi connectivity index (χ1v) is 6.65. The molecule has 0 atom stereocenters. The largest absolute Gasteiger partial charge is 0.493 e. The van der Waals surface area contributed by atoms with E-state index in [9.17, 15) is 4.39 Å². The highest BCUT2D eigenvalue weighted by molar-refractivity contribution is 14.1. The van der Waals surface area contributed by atoms with Crippen molar-refractivity contribution < 1.29 is 9.13 Å². The summed E-state index contributed by atoms with van der Waals surface area (Å²) in [6.45, 7) is 0. The van der Waals surface area contributed by atoms with Crippen molar-refractivity contribution in [2.45, 2.75) is 0 Å². The first kappa shape index (κ1) is 13.8. The molecule has 2 rings (SSSR count). The highest BCUT2D eigenvalue weighted by Gasteiger charge is 2.08. The number of benzene rings is 2. The summed E-state index contributed by atoms with van der Waals surface area (Å²) in [6, 6.07) is 12.7. The molecule has 0 heterocycles. The zero-order valence-electron chi connectivity index (χ0n) is 10.2. The van der Waals surface area contributed by atoms with E-state index in [0.29, 0.717) is 9.13 Å². The number of anilines is 1. The van der Waals surface area contributed by atoms with Crippen LogP contribution in [0.3, 0.4) is 0 Å². The van der Waals surface area contributed by atoms with Gasteiger partial charge < -0.3 is 4.74 Å². The number of hydrazone groups is 1. The van der Waals surface area contributed by atoms with Gasteiger partial charge in [0.05, 0.1) is 22.6 Å². The van der Waals surface area contributed by atoms with E-state index in [2.05, 4.69) is 10.5 Å². The van der Waals surface area contributed by atoms with E-state index in [1.54, 1.807) is 12.3 Å². The molecule has 0 spiro atoms. The molecule has 0 aliphatic rings. The van der Waals surface area contributed by atoms with Crippen LogP contribution in [0.15, 0.2) is 47.6 Å². The molecule has 3 nitrogen and oxygen atoms in total. The molecule has 2 aromatic rings. The topological polar surface area (TPSA) is 33.6 Å². The Bertz CT molecular complexity index is 564. The molecule has 1 N–H and O–H groups in total. The van der Waals surface area contributed by atoms with Gasteiger partial charge in [0.25, 0.3) is 0 Å². The molecule has 0 aliphatic carbocycles. The molecule has 0 aliphatic heterocycles. The highest BCUT2D eigenvalue weighted by atomic mass is 127. The Morgan fingerprint density at radius 3 is 2.63 bits per heavy atom. The Morgan fingerprint density at radius 2 is 2.00 bits per heavy atom. The third kappa shape index (κ3) is 3.66. The van der Waals surface area contributed by atoms with Gasteiger partial charge in [-0.25, -0.2) is 4.39 Å². The van der Waals surface area contributed by atoms with Crippen LogP contribution in [-0.2, 0) is 0 Å². The molecular weight excluding hydrogens is 358 g/mol. The molecule has 0 saturated heterocycles. The van der Waals surface area contributed by atoms with Gasteiger partial charge in [-0.15, -0.1) is 0 Å². The monoisotopic (exact) mass is 370 g/mol. The fraction of sp³-hybridized carbons (Fsp3) is 0.0714. The number of para-hydroxylation sites is 1. The van der Waals surface area contributed by atoms with Gasteiger partial charge in [-0.2, -0.15) is 5.10 Å². The molecule has 0 aromatic heterocycles. The molecule has 0 bridgehead atoms. The quantitative estimate of drug-likeness (QED) is 0.504. The Morgan fingerprint density at radius 1 is 1.26 bits per heavy atom. The summed E-state index contributed by atoms with van der Waals surface area (Å²) in [5.74, 6) is -0.135. The predicted molar refractivity (Wildman–Crippen MR) is 83.3 cm³/mol. The highest BCUT2D eigenvalue weighted by Crippen LogP contribution is 2.25. The normalized spacial score (nSPS) is 10.7. The SMILES string of the molecule is COc1c(F)cc(C=NNc2ccccc2)cc1I. The smallest absolute Gasteiger partial charge is 0.167 e. The molecule has 0 fully saturated rings. The minimum atomic E-state index is -0.393. The molecular formula is C14H12FIN2O. The summed E-state index contributed by atoms with van der Waals surface area (Å²) >= 11 is 2.03. The van der Waals surface area contributed by atoms with Crippen LogP contribution in [0.5, 0.6) is 5.75 Å². The molecule has 98 valence electrons. The third-order valence-corrected chi connectivity index (χ3v) is 3.21. The Balaban J connectivity index is 2.11. The van der Waals surface area contributed by atoms with Crippen LogP contribution in [0.4, 0.5) is 10.1 Å². The van der Waals surface area contributed by atoms with Gasteiger partial charge in [0.2, 0.25) is 0 Å². The number of hydrogen-bond acceptors (Lipinski definition) is 3. The van der Waals surface area contributed by atoms with Crippen molar-refractivity contribution >= 4 is 34.5 Å². The van der Waals surface area contributed by atoms with Crippen LogP contribution in [-0.4, -0.2) is 13.3 Å². The van der Waals surface area contributed by atoms with E-state index in [1.165, 1.54) is 13.2 Å². The molecule has 19 heavy (non-hydrogen) atoms. The summed E-state index contributed by atoms with van der Waals surface area (Å²) in [5.41, 5.74) is 4.42. The van der Waals surface area contributed by atoms with Gasteiger partial charge in [-0.05, 0) is 52.4 Å². The van der Waals surface area contributed by atoms with Crippen molar-refractivity contribution in [3.8, 4) is 5.75 Å². The van der Waals surface area contributed by atoms with Crippen LogP contribution in [0.25, 0.3) is 0 Å². The summed E-state index contributed by atoms with van der Waals surface area (Å²) < 4.78 is 19.3. The van der Waals surface area contributed by atoms with Crippen molar-refractivity contribution in [1.82, 2.24) is 0 Å². The minimum Gasteiger partial charge on any atom is -0.493 e. The third-order valence-electron chi connectivity index (χ3n) is 2.41. The minimum absolute atomic E-state index is 0.258. The van der Waals surface area contributed by atoms with Crippen LogP contribution in [0.2, 0.25) is 0 Å². The van der Waals surface area contributed by atoms with E-state index in [0.717, 1.165) is 5.69 Å². The fourth-order valence-electron chi connectivity index (χ4n) is 1.54. The number of methoxy groups -OCH3 is 1. The van der Waals surface area contributed by atoms with E-state index >= 15 is 0 Å². The standard InChI is InChI=1S/C14H12FIN2O/c1-19-14-12(15)7-10(8-13(14)16)9-17-18-11-5-3-2-4-6-11/h2-9,18H,1H3. The number of hydrogen-bond donors (Lipinski definition) is 1. The van der Waals surface area contributed by atoms with Gasteiger partial charge >= 0.3 is 0 Å². The van der Waals surface area contributed by atoms with E-state index in [4.69, 9.17) is 4.74 Å². The number of halogens is 2. The maximum Gasteiger partial charge on any atom is 0.167 e. The molecule has 0 radical (unpaired) electrons. The number of ether oxygens (including phenoxy) is 1. The molecule has 0 unspecified atom stereocenters. The van der Waals surface area contributed by atoms with Crippen LogP contribution < -0.4 is 10.2 Å². The molecule has 0 amide bonds. The average molecular weight is 370 g/mol. The number of nitrogens with zero attached hydrogens (tertiary/aromatic N) is 1. The van der Waals surface area contributed by atoms with E-state index < -0.39 is 5.82 Å². The first-order valence-electron chi connectivity index (χ1n) is 5.58. The zero-order chi connectivity index (χ0) is 13.7. The molecule has 0 saturated carbocycles. The Kier molecular flexibility index (Phi) is 4.73. The van der Waals surface area contributed by atoms with Crippen molar-refractivity contribution in [2.75, 3.05) is 12.5 Å². The van der Waals surface area contributed by atoms with Gasteiger partial charge in [-0.1, -0.05) is 18.2 Å². The van der Waals surface area contributed by atoms with E-state index in [1.807, 2.05) is 52.9 Å². The van der Waals surface area contributed by atoms with Crippen LogP contribution in [0.1, 0.15) is 5.56 Å². The number of rotatable bonds is 4. The second-order valence-electron chi connectivity index (χ2n) is 3.75. The maximum atomic E-state index is 13.6. The summed E-state index contributed by atoms with van der Waals surface area (Å²) in [4.78, 5) is 0. The maximum absolute atomic E-state index is 13.6. The zero-order valence-corrected chi connectivity index (χ0v) is 12.4. The van der Waals surface area contributed by atoms with Gasteiger partial charge in [0.15, 0.2) is 11.6 Å². The van der Waals surface area contributed by atoms with Crippen molar-refractivity contribution in [1.29, 1.82) is 0 Å². The lowest BCUT2D eigenvalue weighted by Gasteiger charge is -2.05. The summed E-state index contributed by atoms with van der Waals surface area (Å²) in [5, 5.41) is 4.06. The van der Waals surface area contributed by atoms with Crippen LogP contribution in [0, 0.1) is 9.39 Å².